The van der Waals surface area contributed by atoms with Crippen LogP contribution in [0.3, 0.4) is 0 Å². The third kappa shape index (κ3) is 5.13. The van der Waals surface area contributed by atoms with Crippen LogP contribution in [0.2, 0.25) is 0 Å². The Hall–Kier alpha value is -2.99. The number of fused-ring (bicyclic) bond motifs is 1. The fourth-order valence-corrected chi connectivity index (χ4v) is 3.56. The van der Waals surface area contributed by atoms with Crippen molar-refractivity contribution in [2.75, 3.05) is 13.1 Å². The molecular formula is C24H30N4O2. The molecule has 30 heavy (non-hydrogen) atoms. The molecular weight excluding hydrogens is 376 g/mol. The summed E-state index contributed by atoms with van der Waals surface area (Å²) >= 11 is 0. The van der Waals surface area contributed by atoms with Crippen LogP contribution in [0.5, 0.6) is 0 Å². The van der Waals surface area contributed by atoms with Gasteiger partial charge in [-0.25, -0.2) is 4.98 Å². The zero-order chi connectivity index (χ0) is 21.5. The van der Waals surface area contributed by atoms with E-state index in [1.54, 1.807) is 11.0 Å². The minimum atomic E-state index is -0.356. The van der Waals surface area contributed by atoms with Crippen LogP contribution in [0, 0.1) is 6.92 Å². The van der Waals surface area contributed by atoms with Crippen LogP contribution in [0.15, 0.2) is 53.3 Å². The molecule has 1 atom stereocenters. The van der Waals surface area contributed by atoms with E-state index in [1.165, 1.54) is 0 Å². The molecule has 3 aromatic rings. The Balaban J connectivity index is 1.88. The maximum absolute atomic E-state index is 13.3. The standard InChI is InChI=1S/C24H30N4O2/c1-17-11-13-19(14-12-17)24(30)28(16-8-4-3-7-15-25)18(2)22-26-21-10-6-5-9-20(21)23(29)27-22/h5-6,9-14,18H,3-4,7-8,15-16,25H2,1-2H3,(H,26,27,29)/t18-/m0/s1. The Morgan fingerprint density at radius 1 is 1.07 bits per heavy atom. The summed E-state index contributed by atoms with van der Waals surface area (Å²) in [4.78, 5) is 35.2. The zero-order valence-electron chi connectivity index (χ0n) is 17.7. The largest absolute Gasteiger partial charge is 0.330 e. The predicted octanol–water partition coefficient (Wildman–Crippen LogP) is 3.95. The van der Waals surface area contributed by atoms with Crippen molar-refractivity contribution < 1.29 is 4.79 Å². The first-order chi connectivity index (χ1) is 14.5. The Morgan fingerprint density at radius 3 is 2.50 bits per heavy atom. The van der Waals surface area contributed by atoms with E-state index in [1.807, 2.05) is 56.3 Å². The van der Waals surface area contributed by atoms with E-state index in [0.29, 0.717) is 35.4 Å². The van der Waals surface area contributed by atoms with E-state index in [-0.39, 0.29) is 17.5 Å². The SMILES string of the molecule is Cc1ccc(C(=O)N(CCCCCCN)[C@@H](C)c2nc3ccccc3c(=O)[nH]2)cc1. The molecule has 6 heteroatoms. The highest BCUT2D eigenvalue weighted by atomic mass is 16.2. The van der Waals surface area contributed by atoms with Gasteiger partial charge in [-0.2, -0.15) is 0 Å². The number of H-pyrrole nitrogens is 1. The number of hydrogen-bond donors (Lipinski definition) is 2. The fraction of sp³-hybridized carbons (Fsp3) is 0.375. The predicted molar refractivity (Wildman–Crippen MR) is 121 cm³/mol. The number of para-hydroxylation sites is 1. The second-order valence-electron chi connectivity index (χ2n) is 7.71. The first kappa shape index (κ1) is 21.7. The van der Waals surface area contributed by atoms with E-state index in [0.717, 1.165) is 31.2 Å². The first-order valence-electron chi connectivity index (χ1n) is 10.6. The van der Waals surface area contributed by atoms with E-state index in [2.05, 4.69) is 9.97 Å². The average molecular weight is 407 g/mol. The molecule has 0 saturated carbocycles. The van der Waals surface area contributed by atoms with Crippen LogP contribution in [0.1, 0.15) is 60.4 Å². The third-order valence-corrected chi connectivity index (χ3v) is 5.41. The van der Waals surface area contributed by atoms with Crippen LogP contribution in [0.25, 0.3) is 10.9 Å². The Kier molecular flexibility index (Phi) is 7.36. The van der Waals surface area contributed by atoms with Crippen molar-refractivity contribution in [3.8, 4) is 0 Å². The minimum absolute atomic E-state index is 0.0582. The molecule has 0 spiro atoms. The van der Waals surface area contributed by atoms with Crippen LogP contribution >= 0.6 is 0 Å². The molecule has 1 heterocycles. The number of carbonyl (C=O) groups excluding carboxylic acids is 1. The smallest absolute Gasteiger partial charge is 0.258 e. The molecule has 0 saturated heterocycles. The molecule has 1 amide bonds. The zero-order valence-corrected chi connectivity index (χ0v) is 17.7. The number of benzene rings is 2. The van der Waals surface area contributed by atoms with Crippen molar-refractivity contribution in [2.45, 2.75) is 45.6 Å². The number of amides is 1. The molecule has 6 nitrogen and oxygen atoms in total. The van der Waals surface area contributed by atoms with Gasteiger partial charge < -0.3 is 15.6 Å². The number of rotatable bonds is 9. The molecule has 0 aliphatic carbocycles. The van der Waals surface area contributed by atoms with Crippen molar-refractivity contribution in [3.05, 3.63) is 75.8 Å². The van der Waals surface area contributed by atoms with Gasteiger partial charge in [0.25, 0.3) is 11.5 Å². The van der Waals surface area contributed by atoms with Gasteiger partial charge in [0.05, 0.1) is 16.9 Å². The fourth-order valence-electron chi connectivity index (χ4n) is 3.56. The minimum Gasteiger partial charge on any atom is -0.330 e. The molecule has 3 N–H and O–H groups in total. The maximum atomic E-state index is 13.3. The second kappa shape index (κ2) is 10.2. The number of unbranched alkanes of at least 4 members (excludes halogenated alkanes) is 3. The molecule has 0 fully saturated rings. The van der Waals surface area contributed by atoms with Gasteiger partial charge in [-0.15, -0.1) is 0 Å². The molecule has 2 aromatic carbocycles. The first-order valence-corrected chi connectivity index (χ1v) is 10.6. The van der Waals surface area contributed by atoms with E-state index in [4.69, 9.17) is 5.73 Å². The van der Waals surface area contributed by atoms with Crippen molar-refractivity contribution >= 4 is 16.8 Å². The monoisotopic (exact) mass is 406 g/mol. The number of aryl methyl sites for hydroxylation is 1. The van der Waals surface area contributed by atoms with Crippen LogP contribution in [-0.2, 0) is 0 Å². The van der Waals surface area contributed by atoms with Crippen LogP contribution in [0.4, 0.5) is 0 Å². The molecule has 0 radical (unpaired) electrons. The number of nitrogens with two attached hydrogens (primary N) is 1. The molecule has 0 aliphatic rings. The van der Waals surface area contributed by atoms with Crippen LogP contribution < -0.4 is 11.3 Å². The molecule has 0 unspecified atom stereocenters. The Morgan fingerprint density at radius 2 is 1.77 bits per heavy atom. The van der Waals surface area contributed by atoms with E-state index < -0.39 is 0 Å². The van der Waals surface area contributed by atoms with Crippen molar-refractivity contribution in [1.82, 2.24) is 14.9 Å². The molecule has 158 valence electrons. The van der Waals surface area contributed by atoms with Gasteiger partial charge in [-0.05, 0) is 57.5 Å². The summed E-state index contributed by atoms with van der Waals surface area (Å²) in [7, 11) is 0. The molecule has 1 aromatic heterocycles. The molecule has 3 rings (SSSR count). The highest BCUT2D eigenvalue weighted by Crippen LogP contribution is 2.22. The average Bonchev–Trinajstić information content (AvgIpc) is 2.76. The number of aromatic amines is 1. The van der Waals surface area contributed by atoms with E-state index >= 15 is 0 Å². The summed E-state index contributed by atoms with van der Waals surface area (Å²) in [5.41, 5.74) is 7.77. The topological polar surface area (TPSA) is 92.1 Å². The normalized spacial score (nSPS) is 12.1. The van der Waals surface area contributed by atoms with Gasteiger partial charge >= 0.3 is 0 Å². The third-order valence-electron chi connectivity index (χ3n) is 5.41. The van der Waals surface area contributed by atoms with Gasteiger partial charge in [-0.1, -0.05) is 42.7 Å². The van der Waals surface area contributed by atoms with Crippen molar-refractivity contribution in [1.29, 1.82) is 0 Å². The number of nitrogens with zero attached hydrogens (tertiary/aromatic N) is 2. The summed E-state index contributed by atoms with van der Waals surface area (Å²) < 4.78 is 0. The van der Waals surface area contributed by atoms with Gasteiger partial charge in [0.15, 0.2) is 0 Å². The lowest BCUT2D eigenvalue weighted by Crippen LogP contribution is -2.36. The summed E-state index contributed by atoms with van der Waals surface area (Å²) in [6, 6.07) is 14.5. The quantitative estimate of drug-likeness (QED) is 0.526. The summed E-state index contributed by atoms with van der Waals surface area (Å²) in [6.07, 6.45) is 3.91. The Labute approximate surface area is 177 Å². The van der Waals surface area contributed by atoms with Crippen LogP contribution in [-0.4, -0.2) is 33.9 Å². The lowest BCUT2D eigenvalue weighted by atomic mass is 10.1. The van der Waals surface area contributed by atoms with Gasteiger partial charge in [0.1, 0.15) is 5.82 Å². The summed E-state index contributed by atoms with van der Waals surface area (Å²) in [5, 5.41) is 0.548. The van der Waals surface area contributed by atoms with Crippen molar-refractivity contribution in [3.63, 3.8) is 0 Å². The Bertz CT molecular complexity index is 1040. The lowest BCUT2D eigenvalue weighted by Gasteiger charge is -2.29. The summed E-state index contributed by atoms with van der Waals surface area (Å²) in [5.74, 6) is 0.443. The highest BCUT2D eigenvalue weighted by molar-refractivity contribution is 5.94. The lowest BCUT2D eigenvalue weighted by molar-refractivity contribution is 0.0679. The number of hydrogen-bond acceptors (Lipinski definition) is 4. The molecule has 0 aliphatic heterocycles. The van der Waals surface area contributed by atoms with Crippen molar-refractivity contribution in [2.24, 2.45) is 5.73 Å². The second-order valence-corrected chi connectivity index (χ2v) is 7.71. The highest BCUT2D eigenvalue weighted by Gasteiger charge is 2.24. The van der Waals surface area contributed by atoms with E-state index in [9.17, 15) is 9.59 Å². The number of nitrogens with one attached hydrogen (secondary N) is 1. The number of carbonyl (C=O) groups is 1. The van der Waals surface area contributed by atoms with Gasteiger partial charge in [0, 0.05) is 12.1 Å². The maximum Gasteiger partial charge on any atom is 0.258 e. The van der Waals surface area contributed by atoms with Gasteiger partial charge in [0.2, 0.25) is 0 Å². The van der Waals surface area contributed by atoms with Gasteiger partial charge in [-0.3, -0.25) is 9.59 Å². The molecule has 0 bridgehead atoms. The number of aromatic nitrogens is 2. The summed E-state index contributed by atoms with van der Waals surface area (Å²) in [6.45, 7) is 5.19.